The molecule has 1 amide bonds. The molecule has 1 aliphatic rings. The van der Waals surface area contributed by atoms with E-state index in [1.807, 2.05) is 34.6 Å². The summed E-state index contributed by atoms with van der Waals surface area (Å²) < 4.78 is 39.0. The molecule has 3 nitrogen and oxygen atoms in total. The minimum Gasteiger partial charge on any atom is -0.369 e. The van der Waals surface area contributed by atoms with Gasteiger partial charge in [-0.15, -0.1) is 0 Å². The molecule has 6 heteroatoms. The lowest BCUT2D eigenvalue weighted by Crippen LogP contribution is -2.33. The van der Waals surface area contributed by atoms with Gasteiger partial charge in [-0.05, 0) is 77.8 Å². The number of fused-ring (bicyclic) bond motifs is 1. The molecule has 2 aromatic rings. The number of halogens is 3. The highest BCUT2D eigenvalue weighted by Gasteiger charge is 2.34. The van der Waals surface area contributed by atoms with Crippen molar-refractivity contribution in [2.75, 3.05) is 11.4 Å². The fraction of sp³-hybridized carbons (Fsp3) is 0.458. The van der Waals surface area contributed by atoms with Crippen molar-refractivity contribution in [3.8, 4) is 0 Å². The summed E-state index contributed by atoms with van der Waals surface area (Å²) >= 11 is 0. The number of aryl methyl sites for hydroxylation is 2. The van der Waals surface area contributed by atoms with Gasteiger partial charge in [0.1, 0.15) is 0 Å². The molecule has 162 valence electrons. The summed E-state index contributed by atoms with van der Waals surface area (Å²) in [5.41, 5.74) is 10.5. The Hall–Kier alpha value is -2.50. The van der Waals surface area contributed by atoms with Crippen LogP contribution in [0.2, 0.25) is 0 Å². The van der Waals surface area contributed by atoms with E-state index in [1.165, 1.54) is 6.07 Å². The normalized spacial score (nSPS) is 15.7. The van der Waals surface area contributed by atoms with E-state index in [0.717, 1.165) is 39.6 Å². The molecule has 2 N–H and O–H groups in total. The van der Waals surface area contributed by atoms with Gasteiger partial charge in [0, 0.05) is 18.8 Å². The Kier molecular flexibility index (Phi) is 5.65. The zero-order valence-electron chi connectivity index (χ0n) is 18.2. The van der Waals surface area contributed by atoms with Gasteiger partial charge in [0.25, 0.3) is 0 Å². The second-order valence-corrected chi connectivity index (χ2v) is 9.35. The molecule has 1 unspecified atom stereocenters. The first-order valence-corrected chi connectivity index (χ1v) is 10.1. The van der Waals surface area contributed by atoms with Crippen molar-refractivity contribution >= 4 is 11.6 Å². The summed E-state index contributed by atoms with van der Waals surface area (Å²) in [6.45, 7) is 11.2. The van der Waals surface area contributed by atoms with Gasteiger partial charge >= 0.3 is 6.18 Å². The third kappa shape index (κ3) is 4.32. The van der Waals surface area contributed by atoms with Gasteiger partial charge in [-0.25, -0.2) is 0 Å². The molecule has 1 atom stereocenters. The summed E-state index contributed by atoms with van der Waals surface area (Å²) in [5, 5.41) is 0. The van der Waals surface area contributed by atoms with Gasteiger partial charge in [0.05, 0.1) is 11.5 Å². The maximum absolute atomic E-state index is 13.0. The van der Waals surface area contributed by atoms with Gasteiger partial charge in [-0.3, -0.25) is 4.79 Å². The Bertz CT molecular complexity index is 950. The number of hydrogen-bond acceptors (Lipinski definition) is 2. The second-order valence-electron chi connectivity index (χ2n) is 9.35. The van der Waals surface area contributed by atoms with Crippen LogP contribution in [0.15, 0.2) is 30.3 Å². The number of primary amides is 1. The van der Waals surface area contributed by atoms with Crippen molar-refractivity contribution in [1.29, 1.82) is 0 Å². The summed E-state index contributed by atoms with van der Waals surface area (Å²) in [4.78, 5) is 14.4. The van der Waals surface area contributed by atoms with E-state index in [4.69, 9.17) is 5.73 Å². The van der Waals surface area contributed by atoms with E-state index >= 15 is 0 Å². The predicted molar refractivity (Wildman–Crippen MR) is 114 cm³/mol. The van der Waals surface area contributed by atoms with E-state index in [-0.39, 0.29) is 11.3 Å². The fourth-order valence-electron chi connectivity index (χ4n) is 4.54. The molecule has 0 saturated heterocycles. The first-order valence-electron chi connectivity index (χ1n) is 10.1. The Morgan fingerprint density at radius 2 is 1.63 bits per heavy atom. The third-order valence-corrected chi connectivity index (χ3v) is 5.93. The van der Waals surface area contributed by atoms with Gasteiger partial charge in [0.15, 0.2) is 0 Å². The smallest absolute Gasteiger partial charge is 0.369 e. The summed E-state index contributed by atoms with van der Waals surface area (Å²) in [6.07, 6.45) is -3.76. The lowest BCUT2D eigenvalue weighted by molar-refractivity contribution is -0.137. The Labute approximate surface area is 176 Å². The zero-order valence-corrected chi connectivity index (χ0v) is 18.2. The number of amides is 1. The van der Waals surface area contributed by atoms with Crippen molar-refractivity contribution < 1.29 is 18.0 Å². The number of nitrogens with zero attached hydrogens (tertiary/aromatic N) is 1. The number of rotatable bonds is 3. The lowest BCUT2D eigenvalue weighted by Gasteiger charge is -2.34. The first-order chi connectivity index (χ1) is 13.8. The molecule has 3 rings (SSSR count). The molecular weight excluding hydrogens is 389 g/mol. The van der Waals surface area contributed by atoms with E-state index in [1.54, 1.807) is 6.07 Å². The second kappa shape index (κ2) is 7.64. The molecule has 0 radical (unpaired) electrons. The largest absolute Gasteiger partial charge is 0.416 e. The number of anilines is 1. The average Bonchev–Trinajstić information content (AvgIpc) is 2.61. The van der Waals surface area contributed by atoms with E-state index in [0.29, 0.717) is 19.5 Å². The molecule has 1 aliphatic heterocycles. The van der Waals surface area contributed by atoms with E-state index in [2.05, 4.69) is 17.0 Å². The maximum Gasteiger partial charge on any atom is 0.416 e. The van der Waals surface area contributed by atoms with Crippen LogP contribution in [0.4, 0.5) is 18.9 Å². The SMILES string of the molecule is Cc1cc(N2CCc3cc(C(F)(F)F)ccc3C2)cc(C)c1C(C(N)=O)C(C)(C)C. The minimum absolute atomic E-state index is 0.302. The number of carbonyl (C=O) groups is 1. The predicted octanol–water partition coefficient (Wildman–Crippen LogP) is 5.50. The molecule has 0 saturated carbocycles. The number of carbonyl (C=O) groups excluding carboxylic acids is 1. The summed E-state index contributed by atoms with van der Waals surface area (Å²) in [5.74, 6) is -0.733. The number of nitrogens with two attached hydrogens (primary N) is 1. The molecule has 0 aromatic heterocycles. The molecule has 0 spiro atoms. The van der Waals surface area contributed by atoms with Gasteiger partial charge in [0.2, 0.25) is 5.91 Å². The van der Waals surface area contributed by atoms with Crippen LogP contribution in [-0.4, -0.2) is 12.5 Å². The monoisotopic (exact) mass is 418 g/mol. The number of alkyl halides is 3. The molecule has 1 heterocycles. The highest BCUT2D eigenvalue weighted by Crippen LogP contribution is 2.40. The van der Waals surface area contributed by atoms with E-state index < -0.39 is 17.7 Å². The van der Waals surface area contributed by atoms with Crippen molar-refractivity contribution in [3.63, 3.8) is 0 Å². The highest BCUT2D eigenvalue weighted by molar-refractivity contribution is 5.84. The average molecular weight is 419 g/mol. The molecule has 0 aliphatic carbocycles. The zero-order chi connectivity index (χ0) is 22.4. The van der Waals surface area contributed by atoms with Crippen LogP contribution in [0.5, 0.6) is 0 Å². The molecular formula is C24H29F3N2O. The standard InChI is InChI=1S/C24H29F3N2O/c1-14-10-19(11-15(2)20(14)21(22(28)30)23(3,4)5)29-9-8-16-12-18(24(25,26)27)7-6-17(16)13-29/h6-7,10-12,21H,8-9,13H2,1-5H3,(H2,28,30). The topological polar surface area (TPSA) is 46.3 Å². The highest BCUT2D eigenvalue weighted by atomic mass is 19.4. The van der Waals surface area contributed by atoms with Crippen LogP contribution in [0.3, 0.4) is 0 Å². The van der Waals surface area contributed by atoms with E-state index in [9.17, 15) is 18.0 Å². The van der Waals surface area contributed by atoms with Crippen molar-refractivity contribution in [2.45, 2.75) is 59.7 Å². The minimum atomic E-state index is -4.32. The van der Waals surface area contributed by atoms with Crippen LogP contribution < -0.4 is 10.6 Å². The lowest BCUT2D eigenvalue weighted by atomic mass is 9.73. The molecule has 30 heavy (non-hydrogen) atoms. The number of hydrogen-bond donors (Lipinski definition) is 1. The fourth-order valence-corrected chi connectivity index (χ4v) is 4.54. The molecule has 2 aromatic carbocycles. The van der Waals surface area contributed by atoms with Crippen LogP contribution in [-0.2, 0) is 23.9 Å². The van der Waals surface area contributed by atoms with Crippen molar-refractivity contribution in [1.82, 2.24) is 0 Å². The van der Waals surface area contributed by atoms with Gasteiger partial charge in [-0.2, -0.15) is 13.2 Å². The Morgan fingerprint density at radius 1 is 1.03 bits per heavy atom. The number of benzene rings is 2. The Morgan fingerprint density at radius 3 is 2.13 bits per heavy atom. The maximum atomic E-state index is 13.0. The van der Waals surface area contributed by atoms with Crippen LogP contribution in [0, 0.1) is 19.3 Å². The summed E-state index contributed by atoms with van der Waals surface area (Å²) in [6, 6.07) is 8.12. The quantitative estimate of drug-likeness (QED) is 0.715. The first kappa shape index (κ1) is 22.2. The van der Waals surface area contributed by atoms with Crippen LogP contribution in [0.25, 0.3) is 0 Å². The summed E-state index contributed by atoms with van der Waals surface area (Å²) in [7, 11) is 0. The van der Waals surface area contributed by atoms with Crippen molar-refractivity contribution in [3.05, 3.63) is 63.7 Å². The van der Waals surface area contributed by atoms with Crippen molar-refractivity contribution in [2.24, 2.45) is 11.1 Å². The van der Waals surface area contributed by atoms with Crippen LogP contribution in [0.1, 0.15) is 60.1 Å². The molecule has 0 bridgehead atoms. The third-order valence-electron chi connectivity index (χ3n) is 5.93. The Balaban J connectivity index is 1.92. The van der Waals surface area contributed by atoms with Gasteiger partial charge < -0.3 is 10.6 Å². The van der Waals surface area contributed by atoms with Crippen LogP contribution >= 0.6 is 0 Å². The van der Waals surface area contributed by atoms with Gasteiger partial charge in [-0.1, -0.05) is 26.8 Å². The molecule has 0 fully saturated rings.